The van der Waals surface area contributed by atoms with Gasteiger partial charge in [-0.2, -0.15) is 0 Å². The predicted molar refractivity (Wildman–Crippen MR) is 61.5 cm³/mol. The van der Waals surface area contributed by atoms with E-state index in [2.05, 4.69) is 0 Å². The predicted octanol–water partition coefficient (Wildman–Crippen LogP) is 3.48. The van der Waals surface area contributed by atoms with E-state index in [-0.39, 0.29) is 6.79 Å². The summed E-state index contributed by atoms with van der Waals surface area (Å²) in [5.41, 5.74) is 0. The summed E-state index contributed by atoms with van der Waals surface area (Å²) < 4.78 is 10.2. The van der Waals surface area contributed by atoms with Gasteiger partial charge in [0.15, 0.2) is 6.79 Å². The molecule has 3 heteroatoms. The topological polar surface area (TPSA) is 18.5 Å². The van der Waals surface area contributed by atoms with E-state index >= 15 is 0 Å². The van der Waals surface area contributed by atoms with Gasteiger partial charge in [-0.05, 0) is 35.0 Å². The molecule has 0 saturated carbocycles. The molecule has 0 N–H and O–H groups in total. The van der Waals surface area contributed by atoms with Gasteiger partial charge in [0.25, 0.3) is 0 Å². The van der Waals surface area contributed by atoms with E-state index in [1.807, 2.05) is 36.4 Å². The van der Waals surface area contributed by atoms with E-state index in [4.69, 9.17) is 21.1 Å². The van der Waals surface area contributed by atoms with Gasteiger partial charge in [0, 0.05) is 12.1 Å². The van der Waals surface area contributed by atoms with Crippen LogP contribution in [-0.2, 0) is 4.74 Å². The number of ether oxygens (including phenoxy) is 2. The van der Waals surface area contributed by atoms with Crippen LogP contribution in [0.25, 0.3) is 10.8 Å². The molecular weight excluding hydrogens is 212 g/mol. The average Bonchev–Trinajstić information content (AvgIpc) is 2.25. The molecule has 78 valence electrons. The van der Waals surface area contributed by atoms with Crippen molar-refractivity contribution in [1.29, 1.82) is 0 Å². The molecule has 0 fully saturated rings. The van der Waals surface area contributed by atoms with Crippen molar-refractivity contribution in [2.45, 2.75) is 0 Å². The van der Waals surface area contributed by atoms with Crippen molar-refractivity contribution in [3.63, 3.8) is 0 Å². The van der Waals surface area contributed by atoms with Crippen LogP contribution in [0.2, 0.25) is 5.02 Å². The van der Waals surface area contributed by atoms with E-state index in [0.717, 1.165) is 21.5 Å². The number of rotatable bonds is 3. The molecule has 0 atom stereocenters. The van der Waals surface area contributed by atoms with E-state index in [9.17, 15) is 0 Å². The Kier molecular flexibility index (Phi) is 3.09. The minimum Gasteiger partial charge on any atom is -0.468 e. The third-order valence-electron chi connectivity index (χ3n) is 2.12. The lowest BCUT2D eigenvalue weighted by Crippen LogP contribution is -1.98. The molecule has 0 bridgehead atoms. The molecule has 0 aliphatic carbocycles. The van der Waals surface area contributed by atoms with Crippen molar-refractivity contribution < 1.29 is 9.47 Å². The van der Waals surface area contributed by atoms with Gasteiger partial charge in [0.2, 0.25) is 0 Å². The summed E-state index contributed by atoms with van der Waals surface area (Å²) >= 11 is 5.91. The van der Waals surface area contributed by atoms with Crippen LogP contribution in [0.15, 0.2) is 36.4 Å². The van der Waals surface area contributed by atoms with Crippen LogP contribution in [0.5, 0.6) is 5.75 Å². The first kappa shape index (κ1) is 10.3. The zero-order chi connectivity index (χ0) is 10.7. The largest absolute Gasteiger partial charge is 0.468 e. The zero-order valence-electron chi connectivity index (χ0n) is 8.37. The van der Waals surface area contributed by atoms with Gasteiger partial charge >= 0.3 is 0 Å². The third-order valence-corrected chi connectivity index (χ3v) is 2.35. The number of methoxy groups -OCH3 is 1. The van der Waals surface area contributed by atoms with Crippen LogP contribution in [0.1, 0.15) is 0 Å². The lowest BCUT2D eigenvalue weighted by molar-refractivity contribution is 0.0512. The van der Waals surface area contributed by atoms with E-state index < -0.39 is 0 Å². The molecule has 2 aromatic carbocycles. The molecule has 2 rings (SSSR count). The fraction of sp³-hybridized carbons (Fsp3) is 0.167. The molecule has 0 aliphatic heterocycles. The van der Waals surface area contributed by atoms with Gasteiger partial charge in [-0.1, -0.05) is 23.7 Å². The summed E-state index contributed by atoms with van der Waals surface area (Å²) in [6, 6.07) is 11.6. The second kappa shape index (κ2) is 4.51. The average molecular weight is 223 g/mol. The van der Waals surface area contributed by atoms with Gasteiger partial charge in [-0.25, -0.2) is 0 Å². The summed E-state index contributed by atoms with van der Waals surface area (Å²) in [4.78, 5) is 0. The molecular formula is C12H11ClO2. The number of fused-ring (bicyclic) bond motifs is 1. The highest BCUT2D eigenvalue weighted by Crippen LogP contribution is 2.23. The van der Waals surface area contributed by atoms with Crippen LogP contribution < -0.4 is 4.74 Å². The number of hydrogen-bond donors (Lipinski definition) is 0. The molecule has 0 radical (unpaired) electrons. The maximum absolute atomic E-state index is 5.91. The Bertz CT molecular complexity index is 468. The number of benzene rings is 2. The Labute approximate surface area is 93.4 Å². The van der Waals surface area contributed by atoms with Gasteiger partial charge < -0.3 is 9.47 Å². The zero-order valence-corrected chi connectivity index (χ0v) is 9.12. The summed E-state index contributed by atoms with van der Waals surface area (Å²) in [5, 5.41) is 2.94. The molecule has 0 saturated heterocycles. The summed E-state index contributed by atoms with van der Waals surface area (Å²) in [5.74, 6) is 0.784. The van der Waals surface area contributed by atoms with Crippen molar-refractivity contribution in [3.05, 3.63) is 41.4 Å². The SMILES string of the molecule is COCOc1ccc2ccc(Cl)cc2c1. The molecule has 0 unspecified atom stereocenters. The minimum absolute atomic E-state index is 0.256. The first-order valence-corrected chi connectivity index (χ1v) is 4.98. The van der Waals surface area contributed by atoms with Crippen molar-refractivity contribution >= 4 is 22.4 Å². The maximum atomic E-state index is 5.91. The Morgan fingerprint density at radius 1 is 1.07 bits per heavy atom. The van der Waals surface area contributed by atoms with E-state index in [1.54, 1.807) is 7.11 Å². The molecule has 0 heterocycles. The molecule has 0 spiro atoms. The molecule has 0 amide bonds. The van der Waals surface area contributed by atoms with Gasteiger partial charge in [0.1, 0.15) is 5.75 Å². The summed E-state index contributed by atoms with van der Waals surface area (Å²) in [6.45, 7) is 0.256. The Morgan fingerprint density at radius 3 is 2.67 bits per heavy atom. The highest BCUT2D eigenvalue weighted by Gasteiger charge is 1.98. The van der Waals surface area contributed by atoms with Crippen LogP contribution in [0.3, 0.4) is 0 Å². The minimum atomic E-state index is 0.256. The molecule has 15 heavy (non-hydrogen) atoms. The first-order valence-electron chi connectivity index (χ1n) is 4.60. The van der Waals surface area contributed by atoms with Crippen molar-refractivity contribution in [1.82, 2.24) is 0 Å². The smallest absolute Gasteiger partial charge is 0.188 e. The Hall–Kier alpha value is -1.25. The quantitative estimate of drug-likeness (QED) is 0.741. The highest BCUT2D eigenvalue weighted by atomic mass is 35.5. The first-order chi connectivity index (χ1) is 7.29. The van der Waals surface area contributed by atoms with Crippen molar-refractivity contribution in [3.8, 4) is 5.75 Å². The fourth-order valence-electron chi connectivity index (χ4n) is 1.41. The molecule has 2 aromatic rings. The maximum Gasteiger partial charge on any atom is 0.188 e. The summed E-state index contributed by atoms with van der Waals surface area (Å²) in [7, 11) is 1.60. The van der Waals surface area contributed by atoms with Gasteiger partial charge in [-0.15, -0.1) is 0 Å². The second-order valence-electron chi connectivity index (χ2n) is 3.20. The Balaban J connectivity index is 2.36. The van der Waals surface area contributed by atoms with Crippen molar-refractivity contribution in [2.75, 3.05) is 13.9 Å². The second-order valence-corrected chi connectivity index (χ2v) is 3.64. The van der Waals surface area contributed by atoms with Gasteiger partial charge in [0.05, 0.1) is 0 Å². The molecule has 0 aromatic heterocycles. The van der Waals surface area contributed by atoms with Crippen LogP contribution >= 0.6 is 11.6 Å². The van der Waals surface area contributed by atoms with Crippen molar-refractivity contribution in [2.24, 2.45) is 0 Å². The fourth-order valence-corrected chi connectivity index (χ4v) is 1.59. The lowest BCUT2D eigenvalue weighted by Gasteiger charge is -2.05. The van der Waals surface area contributed by atoms with Crippen LogP contribution in [0, 0.1) is 0 Å². The third kappa shape index (κ3) is 2.41. The number of halogens is 1. The van der Waals surface area contributed by atoms with E-state index in [1.165, 1.54) is 0 Å². The molecule has 2 nitrogen and oxygen atoms in total. The van der Waals surface area contributed by atoms with Crippen LogP contribution in [0.4, 0.5) is 0 Å². The van der Waals surface area contributed by atoms with Gasteiger partial charge in [-0.3, -0.25) is 0 Å². The standard InChI is InChI=1S/C12H11ClO2/c1-14-8-15-12-5-3-9-2-4-11(13)6-10(9)7-12/h2-7H,8H2,1H3. The summed E-state index contributed by atoms with van der Waals surface area (Å²) in [6.07, 6.45) is 0. The van der Waals surface area contributed by atoms with E-state index in [0.29, 0.717) is 0 Å². The monoisotopic (exact) mass is 222 g/mol. The lowest BCUT2D eigenvalue weighted by atomic mass is 10.1. The Morgan fingerprint density at radius 2 is 1.87 bits per heavy atom. The van der Waals surface area contributed by atoms with Crippen LogP contribution in [-0.4, -0.2) is 13.9 Å². The highest BCUT2D eigenvalue weighted by molar-refractivity contribution is 6.31. The molecule has 0 aliphatic rings. The number of hydrogen-bond acceptors (Lipinski definition) is 2. The normalized spacial score (nSPS) is 10.5.